The van der Waals surface area contributed by atoms with Crippen LogP contribution in [0, 0.1) is 5.92 Å². The third-order valence-electron chi connectivity index (χ3n) is 2.89. The molecule has 0 unspecified atom stereocenters. The maximum atomic E-state index is 11.6. The second-order valence-electron chi connectivity index (χ2n) is 5.06. The van der Waals surface area contributed by atoms with Gasteiger partial charge in [-0.25, -0.2) is 0 Å². The molecule has 1 aliphatic rings. The molecule has 1 heterocycles. The highest BCUT2D eigenvalue weighted by molar-refractivity contribution is 5.77. The fourth-order valence-electron chi connectivity index (χ4n) is 1.93. The summed E-state index contributed by atoms with van der Waals surface area (Å²) in [5.41, 5.74) is 0. The number of carbonyl (C=O) groups is 1. The van der Waals surface area contributed by atoms with Crippen molar-refractivity contribution in [3.63, 3.8) is 0 Å². The summed E-state index contributed by atoms with van der Waals surface area (Å²) < 4.78 is 0. The zero-order valence-electron chi connectivity index (χ0n) is 10.4. The molecule has 0 aromatic heterocycles. The number of nitrogens with zero attached hydrogens (tertiary/aromatic N) is 1. The Bertz CT molecular complexity index is 219. The van der Waals surface area contributed by atoms with Crippen LogP contribution in [0.1, 0.15) is 33.1 Å². The van der Waals surface area contributed by atoms with Crippen LogP contribution in [0.4, 0.5) is 0 Å². The molecule has 0 aliphatic carbocycles. The molecule has 0 aromatic carbocycles. The Labute approximate surface area is 98.0 Å². The number of hydrogen-bond donors (Lipinski definition) is 2. The highest BCUT2D eigenvalue weighted by atomic mass is 16.3. The van der Waals surface area contributed by atoms with Crippen LogP contribution >= 0.6 is 0 Å². The summed E-state index contributed by atoms with van der Waals surface area (Å²) in [4.78, 5) is 13.6. The molecular formula is C12H24N2O2. The van der Waals surface area contributed by atoms with Crippen molar-refractivity contribution in [3.8, 4) is 0 Å². The molecule has 4 nitrogen and oxygen atoms in total. The molecule has 0 aromatic rings. The summed E-state index contributed by atoms with van der Waals surface area (Å²) >= 11 is 0. The van der Waals surface area contributed by atoms with Gasteiger partial charge in [0, 0.05) is 13.1 Å². The lowest BCUT2D eigenvalue weighted by atomic mass is 10.1. The molecule has 1 amide bonds. The first-order chi connectivity index (χ1) is 7.58. The molecule has 4 heteroatoms. The molecule has 1 fully saturated rings. The van der Waals surface area contributed by atoms with Crippen molar-refractivity contribution < 1.29 is 9.90 Å². The molecule has 16 heavy (non-hydrogen) atoms. The van der Waals surface area contributed by atoms with Crippen LogP contribution in [-0.4, -0.2) is 48.2 Å². The summed E-state index contributed by atoms with van der Waals surface area (Å²) in [5.74, 6) is 0.701. The van der Waals surface area contributed by atoms with Gasteiger partial charge in [0.15, 0.2) is 0 Å². The maximum Gasteiger partial charge on any atom is 0.234 e. The first-order valence-corrected chi connectivity index (χ1v) is 6.25. The highest BCUT2D eigenvalue weighted by Gasteiger charge is 2.19. The Hall–Kier alpha value is -0.610. The average molecular weight is 228 g/mol. The summed E-state index contributed by atoms with van der Waals surface area (Å²) in [6.07, 6.45) is 2.62. The SMILES string of the molecule is CC(C)CCNC(=O)CN1CCC[C@H](O)C1. The standard InChI is InChI=1S/C12H24N2O2/c1-10(2)5-6-13-12(16)9-14-7-3-4-11(15)8-14/h10-11,15H,3-9H2,1-2H3,(H,13,16)/t11-/m0/s1. The quantitative estimate of drug-likeness (QED) is 0.725. The van der Waals surface area contributed by atoms with Gasteiger partial charge >= 0.3 is 0 Å². The van der Waals surface area contributed by atoms with Crippen molar-refractivity contribution in [2.45, 2.75) is 39.2 Å². The van der Waals surface area contributed by atoms with Crippen LogP contribution in [0.25, 0.3) is 0 Å². The number of aliphatic hydroxyl groups excluding tert-OH is 1. The minimum Gasteiger partial charge on any atom is -0.392 e. The summed E-state index contributed by atoms with van der Waals surface area (Å²) in [5, 5.41) is 12.4. The molecule has 0 spiro atoms. The van der Waals surface area contributed by atoms with Crippen LogP contribution in [-0.2, 0) is 4.79 Å². The minimum atomic E-state index is -0.253. The van der Waals surface area contributed by atoms with Crippen molar-refractivity contribution in [1.82, 2.24) is 10.2 Å². The fourth-order valence-corrected chi connectivity index (χ4v) is 1.93. The molecule has 0 radical (unpaired) electrons. The topological polar surface area (TPSA) is 52.6 Å². The zero-order chi connectivity index (χ0) is 12.0. The third-order valence-corrected chi connectivity index (χ3v) is 2.89. The van der Waals surface area contributed by atoms with E-state index in [2.05, 4.69) is 19.2 Å². The second-order valence-corrected chi connectivity index (χ2v) is 5.06. The van der Waals surface area contributed by atoms with Crippen molar-refractivity contribution in [1.29, 1.82) is 0 Å². The van der Waals surface area contributed by atoms with Gasteiger partial charge < -0.3 is 10.4 Å². The van der Waals surface area contributed by atoms with Gasteiger partial charge in [-0.1, -0.05) is 13.8 Å². The smallest absolute Gasteiger partial charge is 0.234 e. The van der Waals surface area contributed by atoms with E-state index in [0.717, 1.165) is 32.4 Å². The van der Waals surface area contributed by atoms with E-state index in [-0.39, 0.29) is 12.0 Å². The molecule has 94 valence electrons. The lowest BCUT2D eigenvalue weighted by Crippen LogP contribution is -2.44. The first kappa shape index (κ1) is 13.5. The molecule has 1 aliphatic heterocycles. The van der Waals surface area contributed by atoms with E-state index in [4.69, 9.17) is 0 Å². The minimum absolute atomic E-state index is 0.0785. The zero-order valence-corrected chi connectivity index (χ0v) is 10.4. The van der Waals surface area contributed by atoms with Gasteiger partial charge in [-0.2, -0.15) is 0 Å². The van der Waals surface area contributed by atoms with Crippen molar-refractivity contribution in [2.24, 2.45) is 5.92 Å². The highest BCUT2D eigenvalue weighted by Crippen LogP contribution is 2.08. The van der Waals surface area contributed by atoms with Crippen LogP contribution in [0.15, 0.2) is 0 Å². The largest absolute Gasteiger partial charge is 0.392 e. The number of carbonyl (C=O) groups excluding carboxylic acids is 1. The molecule has 2 N–H and O–H groups in total. The molecule has 0 bridgehead atoms. The van der Waals surface area contributed by atoms with Gasteiger partial charge in [0.25, 0.3) is 0 Å². The summed E-state index contributed by atoms with van der Waals surface area (Å²) in [6.45, 7) is 7.04. The van der Waals surface area contributed by atoms with Gasteiger partial charge in [0.05, 0.1) is 12.6 Å². The molecular weight excluding hydrogens is 204 g/mol. The Morgan fingerprint density at radius 3 is 2.94 bits per heavy atom. The monoisotopic (exact) mass is 228 g/mol. The third kappa shape index (κ3) is 5.47. The number of β-amino-alcohol motifs (C(OH)–C–C–N with tert-alkyl or cyclic N) is 1. The first-order valence-electron chi connectivity index (χ1n) is 6.25. The van der Waals surface area contributed by atoms with Gasteiger partial charge in [-0.3, -0.25) is 9.69 Å². The van der Waals surface area contributed by atoms with E-state index >= 15 is 0 Å². The Morgan fingerprint density at radius 1 is 1.56 bits per heavy atom. The number of rotatable bonds is 5. The van der Waals surface area contributed by atoms with Gasteiger partial charge in [0.1, 0.15) is 0 Å². The number of aliphatic hydroxyl groups is 1. The molecule has 1 rings (SSSR count). The van der Waals surface area contributed by atoms with Crippen LogP contribution < -0.4 is 5.32 Å². The number of hydrogen-bond acceptors (Lipinski definition) is 3. The second kappa shape index (κ2) is 6.86. The van der Waals surface area contributed by atoms with Gasteiger partial charge in [-0.05, 0) is 31.7 Å². The van der Waals surface area contributed by atoms with Gasteiger partial charge in [-0.15, -0.1) is 0 Å². The molecule has 1 saturated heterocycles. The number of nitrogens with one attached hydrogen (secondary N) is 1. The number of amides is 1. The van der Waals surface area contributed by atoms with Crippen LogP contribution in [0.2, 0.25) is 0 Å². The van der Waals surface area contributed by atoms with E-state index in [0.29, 0.717) is 19.0 Å². The van der Waals surface area contributed by atoms with E-state index in [9.17, 15) is 9.90 Å². The van der Waals surface area contributed by atoms with E-state index in [1.165, 1.54) is 0 Å². The Morgan fingerprint density at radius 2 is 2.31 bits per heavy atom. The fraction of sp³-hybridized carbons (Fsp3) is 0.917. The normalized spacial score (nSPS) is 22.4. The lowest BCUT2D eigenvalue weighted by molar-refractivity contribution is -0.122. The Kier molecular flexibility index (Phi) is 5.77. The molecule has 1 atom stereocenters. The van der Waals surface area contributed by atoms with Crippen LogP contribution in [0.5, 0.6) is 0 Å². The number of piperidine rings is 1. The number of likely N-dealkylation sites (tertiary alicyclic amines) is 1. The Balaban J connectivity index is 2.13. The van der Waals surface area contributed by atoms with Crippen LogP contribution in [0.3, 0.4) is 0 Å². The van der Waals surface area contributed by atoms with Crippen molar-refractivity contribution >= 4 is 5.91 Å². The van der Waals surface area contributed by atoms with E-state index < -0.39 is 0 Å². The predicted octanol–water partition coefficient (Wildman–Crippen LogP) is 0.605. The van der Waals surface area contributed by atoms with Crippen molar-refractivity contribution in [3.05, 3.63) is 0 Å². The maximum absolute atomic E-state index is 11.6. The predicted molar refractivity (Wildman–Crippen MR) is 64.1 cm³/mol. The van der Waals surface area contributed by atoms with E-state index in [1.807, 2.05) is 4.90 Å². The molecule has 0 saturated carbocycles. The average Bonchev–Trinajstić information content (AvgIpc) is 2.16. The summed E-state index contributed by atoms with van der Waals surface area (Å²) in [6, 6.07) is 0. The van der Waals surface area contributed by atoms with Gasteiger partial charge in [0.2, 0.25) is 5.91 Å². The van der Waals surface area contributed by atoms with E-state index in [1.54, 1.807) is 0 Å². The summed E-state index contributed by atoms with van der Waals surface area (Å²) in [7, 11) is 0. The lowest BCUT2D eigenvalue weighted by Gasteiger charge is -2.29. The van der Waals surface area contributed by atoms with Crippen molar-refractivity contribution in [2.75, 3.05) is 26.2 Å².